The summed E-state index contributed by atoms with van der Waals surface area (Å²) in [5, 5.41) is 8.49. The van der Waals surface area contributed by atoms with Crippen molar-refractivity contribution in [3.63, 3.8) is 0 Å². The molecule has 0 heterocycles. The maximum Gasteiger partial charge on any atom is 0.341 e. The molecular formula is C12H17NO3. The van der Waals surface area contributed by atoms with Gasteiger partial charge in [0.1, 0.15) is 5.75 Å². The van der Waals surface area contributed by atoms with Gasteiger partial charge in [0.15, 0.2) is 6.61 Å². The standard InChI is InChI=1S/C12H17NO3/c1-8(2)5-9-6-10(3-4-11(9)13)16-7-12(14)15/h3-4,6,8H,5,7,13H2,1-2H3,(H,14,15). The van der Waals surface area contributed by atoms with Gasteiger partial charge in [-0.05, 0) is 36.1 Å². The summed E-state index contributed by atoms with van der Waals surface area (Å²) in [6.45, 7) is 3.87. The molecule has 0 unspecified atom stereocenters. The van der Waals surface area contributed by atoms with Crippen LogP contribution in [-0.2, 0) is 11.2 Å². The van der Waals surface area contributed by atoms with E-state index in [9.17, 15) is 4.79 Å². The smallest absolute Gasteiger partial charge is 0.341 e. The van der Waals surface area contributed by atoms with Crippen molar-refractivity contribution < 1.29 is 14.6 Å². The highest BCUT2D eigenvalue weighted by Gasteiger charge is 2.05. The Kier molecular flexibility index (Phi) is 4.17. The molecule has 0 aliphatic carbocycles. The lowest BCUT2D eigenvalue weighted by Gasteiger charge is -2.10. The van der Waals surface area contributed by atoms with E-state index in [1.165, 1.54) is 0 Å². The largest absolute Gasteiger partial charge is 0.482 e. The highest BCUT2D eigenvalue weighted by molar-refractivity contribution is 5.68. The van der Waals surface area contributed by atoms with Crippen molar-refractivity contribution in [2.24, 2.45) is 5.92 Å². The number of nitrogen functional groups attached to an aromatic ring is 1. The van der Waals surface area contributed by atoms with Crippen LogP contribution in [0, 0.1) is 5.92 Å². The normalized spacial score (nSPS) is 10.4. The van der Waals surface area contributed by atoms with Crippen LogP contribution in [-0.4, -0.2) is 17.7 Å². The number of hydrogen-bond acceptors (Lipinski definition) is 3. The number of hydrogen-bond donors (Lipinski definition) is 2. The minimum atomic E-state index is -0.984. The minimum absolute atomic E-state index is 0.328. The lowest BCUT2D eigenvalue weighted by Crippen LogP contribution is -2.10. The van der Waals surface area contributed by atoms with E-state index in [1.54, 1.807) is 18.2 Å². The fourth-order valence-corrected chi connectivity index (χ4v) is 1.43. The third-order valence-electron chi connectivity index (χ3n) is 2.10. The van der Waals surface area contributed by atoms with Crippen LogP contribution in [0.1, 0.15) is 19.4 Å². The topological polar surface area (TPSA) is 72.5 Å². The number of carboxylic acid groups (broad SMARTS) is 1. The molecule has 4 heteroatoms. The Labute approximate surface area is 95.0 Å². The third kappa shape index (κ3) is 3.81. The summed E-state index contributed by atoms with van der Waals surface area (Å²) in [6, 6.07) is 5.23. The SMILES string of the molecule is CC(C)Cc1cc(OCC(=O)O)ccc1N. The molecule has 0 fully saturated rings. The summed E-state index contributed by atoms with van der Waals surface area (Å²) in [6.07, 6.45) is 0.857. The molecule has 1 rings (SSSR count). The van der Waals surface area contributed by atoms with Gasteiger partial charge in [-0.25, -0.2) is 4.79 Å². The van der Waals surface area contributed by atoms with Gasteiger partial charge in [0.25, 0.3) is 0 Å². The molecule has 0 saturated heterocycles. The Balaban J connectivity index is 2.76. The summed E-state index contributed by atoms with van der Waals surface area (Å²) in [7, 11) is 0. The van der Waals surface area contributed by atoms with Crippen molar-refractivity contribution in [2.75, 3.05) is 12.3 Å². The van der Waals surface area contributed by atoms with Gasteiger partial charge in [-0.15, -0.1) is 0 Å². The molecule has 0 radical (unpaired) electrons. The van der Waals surface area contributed by atoms with Crippen LogP contribution >= 0.6 is 0 Å². The number of carbonyl (C=O) groups is 1. The number of anilines is 1. The van der Waals surface area contributed by atoms with E-state index in [0.717, 1.165) is 17.7 Å². The van der Waals surface area contributed by atoms with Crippen molar-refractivity contribution in [1.29, 1.82) is 0 Å². The van der Waals surface area contributed by atoms with E-state index in [4.69, 9.17) is 15.6 Å². The zero-order valence-corrected chi connectivity index (χ0v) is 9.56. The van der Waals surface area contributed by atoms with E-state index in [0.29, 0.717) is 11.7 Å². The lowest BCUT2D eigenvalue weighted by molar-refractivity contribution is -0.139. The molecule has 0 aliphatic heterocycles. The quantitative estimate of drug-likeness (QED) is 0.748. The molecule has 88 valence electrons. The van der Waals surface area contributed by atoms with Crippen molar-refractivity contribution in [2.45, 2.75) is 20.3 Å². The number of aliphatic carboxylic acids is 1. The molecule has 0 atom stereocenters. The van der Waals surface area contributed by atoms with E-state index >= 15 is 0 Å². The van der Waals surface area contributed by atoms with Crippen molar-refractivity contribution in [1.82, 2.24) is 0 Å². The molecule has 3 N–H and O–H groups in total. The molecule has 0 amide bonds. The van der Waals surface area contributed by atoms with Crippen LogP contribution in [0.25, 0.3) is 0 Å². The van der Waals surface area contributed by atoms with Gasteiger partial charge in [0.2, 0.25) is 0 Å². The second kappa shape index (κ2) is 5.39. The second-order valence-electron chi connectivity index (χ2n) is 4.14. The predicted octanol–water partition coefficient (Wildman–Crippen LogP) is 1.93. The van der Waals surface area contributed by atoms with E-state index in [1.807, 2.05) is 0 Å². The maximum atomic E-state index is 10.4. The zero-order chi connectivity index (χ0) is 12.1. The molecular weight excluding hydrogens is 206 g/mol. The lowest BCUT2D eigenvalue weighted by atomic mass is 10.0. The highest BCUT2D eigenvalue weighted by Crippen LogP contribution is 2.22. The minimum Gasteiger partial charge on any atom is -0.482 e. The molecule has 0 spiro atoms. The second-order valence-corrected chi connectivity index (χ2v) is 4.14. The number of nitrogens with two attached hydrogens (primary N) is 1. The zero-order valence-electron chi connectivity index (χ0n) is 9.56. The van der Waals surface area contributed by atoms with Gasteiger partial charge in [-0.1, -0.05) is 13.8 Å². The van der Waals surface area contributed by atoms with Gasteiger partial charge in [-0.2, -0.15) is 0 Å². The monoisotopic (exact) mass is 223 g/mol. The summed E-state index contributed by atoms with van der Waals surface area (Å²) >= 11 is 0. The van der Waals surface area contributed by atoms with Crippen LogP contribution in [0.3, 0.4) is 0 Å². The van der Waals surface area contributed by atoms with E-state index in [-0.39, 0.29) is 6.61 Å². The summed E-state index contributed by atoms with van der Waals surface area (Å²) in [5.74, 6) is 0.0616. The van der Waals surface area contributed by atoms with Gasteiger partial charge in [0, 0.05) is 5.69 Å². The van der Waals surface area contributed by atoms with Crippen molar-refractivity contribution >= 4 is 11.7 Å². The van der Waals surface area contributed by atoms with Gasteiger partial charge in [-0.3, -0.25) is 0 Å². The van der Waals surface area contributed by atoms with Crippen LogP contribution < -0.4 is 10.5 Å². The summed E-state index contributed by atoms with van der Waals surface area (Å²) in [5.41, 5.74) is 7.54. The first-order valence-corrected chi connectivity index (χ1v) is 5.22. The molecule has 16 heavy (non-hydrogen) atoms. The summed E-state index contributed by atoms with van der Waals surface area (Å²) < 4.78 is 5.09. The maximum absolute atomic E-state index is 10.4. The Morgan fingerprint density at radius 2 is 2.19 bits per heavy atom. The fourth-order valence-electron chi connectivity index (χ4n) is 1.43. The number of ether oxygens (including phenoxy) is 1. The molecule has 4 nitrogen and oxygen atoms in total. The third-order valence-corrected chi connectivity index (χ3v) is 2.10. The average Bonchev–Trinajstić information content (AvgIpc) is 2.18. The van der Waals surface area contributed by atoms with Crippen LogP contribution in [0.5, 0.6) is 5.75 Å². The molecule has 0 saturated carbocycles. The Morgan fingerprint density at radius 3 is 2.75 bits per heavy atom. The molecule has 0 bridgehead atoms. The average molecular weight is 223 g/mol. The Hall–Kier alpha value is -1.71. The van der Waals surface area contributed by atoms with Crippen LogP contribution in [0.4, 0.5) is 5.69 Å². The Morgan fingerprint density at radius 1 is 1.50 bits per heavy atom. The first-order valence-electron chi connectivity index (χ1n) is 5.22. The fraction of sp³-hybridized carbons (Fsp3) is 0.417. The molecule has 1 aromatic rings. The number of carboxylic acids is 1. The molecule has 0 aliphatic rings. The number of benzene rings is 1. The van der Waals surface area contributed by atoms with Crippen LogP contribution in [0.2, 0.25) is 0 Å². The van der Waals surface area contributed by atoms with E-state index in [2.05, 4.69) is 13.8 Å². The highest BCUT2D eigenvalue weighted by atomic mass is 16.5. The van der Waals surface area contributed by atoms with Crippen LogP contribution in [0.15, 0.2) is 18.2 Å². The molecule has 1 aromatic carbocycles. The van der Waals surface area contributed by atoms with Gasteiger partial charge in [0.05, 0.1) is 0 Å². The van der Waals surface area contributed by atoms with Gasteiger partial charge < -0.3 is 15.6 Å². The predicted molar refractivity (Wildman–Crippen MR) is 62.5 cm³/mol. The Bertz CT molecular complexity index is 375. The first-order chi connectivity index (χ1) is 7.49. The first kappa shape index (κ1) is 12.4. The number of rotatable bonds is 5. The molecule has 0 aromatic heterocycles. The van der Waals surface area contributed by atoms with Gasteiger partial charge >= 0.3 is 5.97 Å². The summed E-state index contributed by atoms with van der Waals surface area (Å²) in [4.78, 5) is 10.4. The van der Waals surface area contributed by atoms with E-state index < -0.39 is 5.97 Å². The van der Waals surface area contributed by atoms with Crippen molar-refractivity contribution in [3.05, 3.63) is 23.8 Å². The van der Waals surface area contributed by atoms with Crippen molar-refractivity contribution in [3.8, 4) is 5.75 Å².